The highest BCUT2D eigenvalue weighted by molar-refractivity contribution is 6.15. The van der Waals surface area contributed by atoms with Crippen LogP contribution in [0.25, 0.3) is 43.8 Å². The number of hydrogen-bond donors (Lipinski definition) is 3. The molecule has 5 aromatic rings. The number of benzene rings is 2. The van der Waals surface area contributed by atoms with Crippen LogP contribution in [-0.4, -0.2) is 45.2 Å². The average Bonchev–Trinajstić information content (AvgIpc) is 3.32. The van der Waals surface area contributed by atoms with Crippen molar-refractivity contribution in [3.05, 3.63) is 64.5 Å². The van der Waals surface area contributed by atoms with Crippen LogP contribution in [0.15, 0.2) is 47.5 Å². The first kappa shape index (κ1) is 19.9. The number of likely N-dealkylation sites (tertiary alicyclic amines) is 1. The molecule has 0 bridgehead atoms. The third-order valence-electron chi connectivity index (χ3n) is 6.93. The van der Waals surface area contributed by atoms with E-state index in [1.165, 1.54) is 6.07 Å². The lowest BCUT2D eigenvalue weighted by molar-refractivity contribution is 0.256. The smallest absolute Gasteiger partial charge is 0.272 e. The Bertz CT molecular complexity index is 1600. The summed E-state index contributed by atoms with van der Waals surface area (Å²) in [4.78, 5) is 22.9. The second kappa shape index (κ2) is 7.38. The number of nitrogen functional groups attached to an aromatic ring is 1. The average molecular weight is 442 g/mol. The highest BCUT2D eigenvalue weighted by Gasteiger charge is 2.24. The van der Waals surface area contributed by atoms with Gasteiger partial charge in [0.05, 0.1) is 17.2 Å². The van der Waals surface area contributed by atoms with E-state index in [0.29, 0.717) is 33.5 Å². The van der Waals surface area contributed by atoms with Gasteiger partial charge in [0, 0.05) is 27.9 Å². The number of pyridine rings is 2. The molecule has 0 radical (unpaired) electrons. The summed E-state index contributed by atoms with van der Waals surface area (Å²) in [7, 11) is 2.14. The van der Waals surface area contributed by atoms with Crippen LogP contribution in [0.1, 0.15) is 24.3 Å². The number of fused-ring (bicyclic) bond motifs is 4. The van der Waals surface area contributed by atoms with Crippen molar-refractivity contribution in [1.29, 1.82) is 0 Å². The van der Waals surface area contributed by atoms with Crippen LogP contribution in [0, 0.1) is 5.82 Å². The fraction of sp³-hybridized carbons (Fsp3) is 0.240. The highest BCUT2D eigenvalue weighted by atomic mass is 19.1. The van der Waals surface area contributed by atoms with Crippen molar-refractivity contribution in [1.82, 2.24) is 25.1 Å². The van der Waals surface area contributed by atoms with E-state index in [9.17, 15) is 9.18 Å². The molecule has 7 nitrogen and oxygen atoms in total. The third-order valence-corrected chi connectivity index (χ3v) is 6.93. The first-order valence-corrected chi connectivity index (χ1v) is 11.1. The number of nitrogens with one attached hydrogen (secondary N) is 2. The van der Waals surface area contributed by atoms with Crippen molar-refractivity contribution in [2.45, 2.75) is 18.8 Å². The first-order chi connectivity index (χ1) is 16.0. The van der Waals surface area contributed by atoms with Crippen LogP contribution in [-0.2, 0) is 0 Å². The van der Waals surface area contributed by atoms with Crippen LogP contribution < -0.4 is 11.3 Å². The minimum absolute atomic E-state index is 0.106. The topological polar surface area (TPSA) is 104 Å². The maximum Gasteiger partial charge on any atom is 0.272 e. The minimum atomic E-state index is -0.402. The van der Waals surface area contributed by atoms with E-state index < -0.39 is 5.82 Å². The highest BCUT2D eigenvalue weighted by Crippen LogP contribution is 2.41. The molecular weight excluding hydrogens is 419 g/mol. The molecule has 1 aliphatic rings. The largest absolute Gasteiger partial charge is 0.394 e. The summed E-state index contributed by atoms with van der Waals surface area (Å²) in [6, 6.07) is 9.03. The lowest BCUT2D eigenvalue weighted by atomic mass is 9.85. The Morgan fingerprint density at radius 1 is 1.12 bits per heavy atom. The second-order valence-corrected chi connectivity index (χ2v) is 8.86. The zero-order valence-electron chi connectivity index (χ0n) is 18.2. The van der Waals surface area contributed by atoms with Crippen LogP contribution in [0.3, 0.4) is 0 Å². The molecule has 0 amide bonds. The van der Waals surface area contributed by atoms with Gasteiger partial charge < -0.3 is 15.6 Å². The van der Waals surface area contributed by atoms with E-state index in [-0.39, 0.29) is 11.2 Å². The monoisotopic (exact) mass is 442 g/mol. The lowest BCUT2D eigenvalue weighted by Crippen LogP contribution is -2.29. The van der Waals surface area contributed by atoms with Crippen molar-refractivity contribution in [2.75, 3.05) is 25.9 Å². The van der Waals surface area contributed by atoms with E-state index in [0.717, 1.165) is 47.8 Å². The van der Waals surface area contributed by atoms with Gasteiger partial charge in [0.15, 0.2) is 0 Å². The molecule has 6 rings (SSSR count). The van der Waals surface area contributed by atoms with Gasteiger partial charge in [-0.3, -0.25) is 14.9 Å². The van der Waals surface area contributed by atoms with Crippen molar-refractivity contribution in [3.8, 4) is 11.1 Å². The molecule has 166 valence electrons. The van der Waals surface area contributed by atoms with Gasteiger partial charge >= 0.3 is 0 Å². The minimum Gasteiger partial charge on any atom is -0.394 e. The molecule has 3 aromatic heterocycles. The summed E-state index contributed by atoms with van der Waals surface area (Å²) in [6.45, 7) is 2.04. The van der Waals surface area contributed by atoms with Gasteiger partial charge in [-0.25, -0.2) is 4.39 Å². The molecule has 4 heterocycles. The Balaban J connectivity index is 1.73. The van der Waals surface area contributed by atoms with Gasteiger partial charge in [0.1, 0.15) is 17.0 Å². The molecule has 33 heavy (non-hydrogen) atoms. The number of aromatic amines is 2. The van der Waals surface area contributed by atoms with E-state index >= 15 is 0 Å². The van der Waals surface area contributed by atoms with Crippen molar-refractivity contribution < 1.29 is 4.39 Å². The normalized spacial score (nSPS) is 15.7. The number of nitrogens with two attached hydrogens (primary N) is 1. The Labute approximate surface area is 188 Å². The van der Waals surface area contributed by atoms with Crippen LogP contribution in [0.5, 0.6) is 0 Å². The fourth-order valence-electron chi connectivity index (χ4n) is 5.19. The van der Waals surface area contributed by atoms with Crippen molar-refractivity contribution in [2.24, 2.45) is 0 Å². The molecule has 0 spiro atoms. The molecule has 1 aliphatic heterocycles. The molecule has 0 saturated carbocycles. The van der Waals surface area contributed by atoms with E-state index in [1.54, 1.807) is 18.5 Å². The van der Waals surface area contributed by atoms with Gasteiger partial charge in [-0.1, -0.05) is 6.07 Å². The summed E-state index contributed by atoms with van der Waals surface area (Å²) in [5, 5.41) is 9.03. The van der Waals surface area contributed by atoms with Gasteiger partial charge in [0.2, 0.25) is 0 Å². The maximum atomic E-state index is 14.4. The first-order valence-electron chi connectivity index (χ1n) is 11.1. The van der Waals surface area contributed by atoms with Gasteiger partial charge in [-0.2, -0.15) is 5.10 Å². The summed E-state index contributed by atoms with van der Waals surface area (Å²) in [5.41, 5.74) is 10.4. The number of halogens is 1. The van der Waals surface area contributed by atoms with Crippen molar-refractivity contribution >= 4 is 38.4 Å². The number of hydrogen-bond acceptors (Lipinski definition) is 5. The number of H-pyrrole nitrogens is 2. The molecule has 0 aliphatic carbocycles. The van der Waals surface area contributed by atoms with Crippen LogP contribution in [0.2, 0.25) is 0 Å². The van der Waals surface area contributed by atoms with Crippen molar-refractivity contribution in [3.63, 3.8) is 0 Å². The Kier molecular flexibility index (Phi) is 4.45. The zero-order valence-corrected chi connectivity index (χ0v) is 18.2. The van der Waals surface area contributed by atoms with Gasteiger partial charge in [-0.05, 0) is 74.3 Å². The zero-order chi connectivity index (χ0) is 22.7. The maximum absolute atomic E-state index is 14.4. The van der Waals surface area contributed by atoms with Gasteiger partial charge in [-0.15, -0.1) is 0 Å². The van der Waals surface area contributed by atoms with Gasteiger partial charge in [0.25, 0.3) is 5.56 Å². The van der Waals surface area contributed by atoms with E-state index in [4.69, 9.17) is 10.7 Å². The lowest BCUT2D eigenvalue weighted by Gasteiger charge is -2.30. The molecular formula is C25H23FN6O. The molecule has 0 atom stereocenters. The molecule has 4 N–H and O–H groups in total. The van der Waals surface area contributed by atoms with E-state index in [1.807, 2.05) is 12.1 Å². The molecule has 1 saturated heterocycles. The number of anilines is 1. The predicted molar refractivity (Wildman–Crippen MR) is 129 cm³/mol. The number of rotatable bonds is 2. The third kappa shape index (κ3) is 3.01. The van der Waals surface area contributed by atoms with Crippen LogP contribution >= 0.6 is 0 Å². The summed E-state index contributed by atoms with van der Waals surface area (Å²) >= 11 is 0. The SMILES string of the molecule is CN1CCC(c2cc3c(-c4ccc(F)c5[nH]ncc45)c(N)c(=O)[nH]c3c3cccnc23)CC1. The number of piperidine rings is 1. The molecule has 1 fully saturated rings. The fourth-order valence-corrected chi connectivity index (χ4v) is 5.19. The second-order valence-electron chi connectivity index (χ2n) is 8.86. The summed E-state index contributed by atoms with van der Waals surface area (Å²) in [6.07, 6.45) is 5.42. The summed E-state index contributed by atoms with van der Waals surface area (Å²) < 4.78 is 14.4. The molecule has 8 heteroatoms. The Morgan fingerprint density at radius 2 is 1.94 bits per heavy atom. The standard InChI is InChI=1S/C25H23FN6O/c1-32-9-6-13(7-10-32)16-11-17-20(14-4-5-19(26)24-18(14)12-29-31-24)21(27)25(33)30-23(17)15-3-2-8-28-22(15)16/h2-5,8,11-13H,6-7,9-10,27H2,1H3,(H,29,31)(H,30,33). The van der Waals surface area contributed by atoms with Crippen LogP contribution in [0.4, 0.5) is 10.1 Å². The quantitative estimate of drug-likeness (QED) is 0.356. The molecule has 2 aromatic carbocycles. The number of aromatic nitrogens is 4. The Hall–Kier alpha value is -3.78. The summed E-state index contributed by atoms with van der Waals surface area (Å²) in [5.74, 6) is -0.0493. The molecule has 0 unspecified atom stereocenters. The Morgan fingerprint density at radius 3 is 2.76 bits per heavy atom. The predicted octanol–water partition coefficient (Wildman–Crippen LogP) is 4.15. The van der Waals surface area contributed by atoms with E-state index in [2.05, 4.69) is 33.2 Å². The number of nitrogens with zero attached hydrogens (tertiary/aromatic N) is 3.